The van der Waals surface area contributed by atoms with Crippen LogP contribution in [0.4, 0.5) is 0 Å². The highest BCUT2D eigenvalue weighted by atomic mass is 16.2. The minimum absolute atomic E-state index is 0.0979. The summed E-state index contributed by atoms with van der Waals surface area (Å²) in [5, 5.41) is 0. The van der Waals surface area contributed by atoms with E-state index in [1.54, 1.807) is 0 Å². The molecule has 0 aliphatic heterocycles. The van der Waals surface area contributed by atoms with E-state index >= 15 is 0 Å². The molecule has 1 atom stereocenters. The summed E-state index contributed by atoms with van der Waals surface area (Å²) in [6, 6.07) is 8.24. The number of carbonyl (C=O) groups is 1. The molecule has 2 rings (SSSR count). The van der Waals surface area contributed by atoms with E-state index in [0.717, 1.165) is 38.8 Å². The van der Waals surface area contributed by atoms with E-state index in [-0.39, 0.29) is 11.8 Å². The molecule has 1 unspecified atom stereocenters. The minimum Gasteiger partial charge on any atom is -0.345 e. The molecule has 0 saturated heterocycles. The van der Waals surface area contributed by atoms with Crippen LogP contribution in [0.25, 0.3) is 0 Å². The third-order valence-electron chi connectivity index (χ3n) is 3.73. The minimum atomic E-state index is 0.0979. The van der Waals surface area contributed by atoms with E-state index in [9.17, 15) is 4.79 Å². The van der Waals surface area contributed by atoms with Gasteiger partial charge in [0, 0.05) is 13.6 Å². The Kier molecular flexibility index (Phi) is 4.37. The molecule has 1 aromatic rings. The second kappa shape index (κ2) is 6.01. The molecule has 1 aliphatic carbocycles. The van der Waals surface area contributed by atoms with Gasteiger partial charge in [0.25, 0.3) is 0 Å². The van der Waals surface area contributed by atoms with Crippen LogP contribution in [0.1, 0.15) is 36.3 Å². The van der Waals surface area contributed by atoms with Crippen molar-refractivity contribution < 1.29 is 4.79 Å². The molecule has 3 nitrogen and oxygen atoms in total. The van der Waals surface area contributed by atoms with Gasteiger partial charge in [-0.1, -0.05) is 30.7 Å². The van der Waals surface area contributed by atoms with Gasteiger partial charge in [-0.3, -0.25) is 4.79 Å². The van der Waals surface area contributed by atoms with E-state index in [1.165, 1.54) is 11.1 Å². The van der Waals surface area contributed by atoms with Crippen molar-refractivity contribution in [3.8, 4) is 0 Å². The summed E-state index contributed by atoms with van der Waals surface area (Å²) >= 11 is 0. The van der Waals surface area contributed by atoms with Crippen LogP contribution >= 0.6 is 0 Å². The fraction of sp³-hybridized carbons (Fsp3) is 0.533. The molecule has 0 saturated carbocycles. The van der Waals surface area contributed by atoms with Crippen molar-refractivity contribution in [1.82, 2.24) is 4.90 Å². The van der Waals surface area contributed by atoms with Crippen LogP contribution in [-0.2, 0) is 11.2 Å². The van der Waals surface area contributed by atoms with Crippen molar-refractivity contribution in [3.63, 3.8) is 0 Å². The second-order valence-electron chi connectivity index (χ2n) is 5.06. The fourth-order valence-corrected chi connectivity index (χ4v) is 2.53. The first-order valence-corrected chi connectivity index (χ1v) is 6.77. The first-order chi connectivity index (χ1) is 8.74. The number of hydrogen-bond acceptors (Lipinski definition) is 2. The molecular formula is C15H22N2O. The van der Waals surface area contributed by atoms with Gasteiger partial charge in [-0.2, -0.15) is 0 Å². The topological polar surface area (TPSA) is 46.3 Å². The van der Waals surface area contributed by atoms with Crippen molar-refractivity contribution >= 4 is 5.91 Å². The molecule has 1 aromatic carbocycles. The zero-order valence-corrected chi connectivity index (χ0v) is 11.1. The first kappa shape index (κ1) is 13.1. The summed E-state index contributed by atoms with van der Waals surface area (Å²) in [7, 11) is 1.91. The van der Waals surface area contributed by atoms with E-state index in [0.29, 0.717) is 0 Å². The Labute approximate surface area is 109 Å². The van der Waals surface area contributed by atoms with Gasteiger partial charge in [-0.25, -0.2) is 0 Å². The zero-order valence-electron chi connectivity index (χ0n) is 11.1. The van der Waals surface area contributed by atoms with Crippen LogP contribution in [0.15, 0.2) is 24.3 Å². The summed E-state index contributed by atoms with van der Waals surface area (Å²) < 4.78 is 0. The number of nitrogens with two attached hydrogens (primary N) is 1. The zero-order chi connectivity index (χ0) is 13.0. The van der Waals surface area contributed by atoms with Crippen molar-refractivity contribution in [2.45, 2.75) is 31.6 Å². The van der Waals surface area contributed by atoms with Gasteiger partial charge in [0.05, 0.1) is 5.92 Å². The van der Waals surface area contributed by atoms with Crippen LogP contribution in [0, 0.1) is 0 Å². The first-order valence-electron chi connectivity index (χ1n) is 6.77. The lowest BCUT2D eigenvalue weighted by atomic mass is 9.77. The van der Waals surface area contributed by atoms with Gasteiger partial charge in [-0.05, 0) is 36.9 Å². The highest BCUT2D eigenvalue weighted by molar-refractivity contribution is 5.86. The van der Waals surface area contributed by atoms with Crippen LogP contribution < -0.4 is 5.73 Å². The molecule has 18 heavy (non-hydrogen) atoms. The predicted molar refractivity (Wildman–Crippen MR) is 73.4 cm³/mol. The number of amides is 1. The Morgan fingerprint density at radius 2 is 2.11 bits per heavy atom. The van der Waals surface area contributed by atoms with Crippen LogP contribution in [-0.4, -0.2) is 30.9 Å². The number of unbranched alkanes of at least 4 members (excludes halogenated alkanes) is 2. The molecule has 1 aliphatic rings. The van der Waals surface area contributed by atoms with Crippen molar-refractivity contribution in [2.24, 2.45) is 5.73 Å². The third-order valence-corrected chi connectivity index (χ3v) is 3.73. The quantitative estimate of drug-likeness (QED) is 0.779. The number of benzene rings is 1. The smallest absolute Gasteiger partial charge is 0.230 e. The maximum Gasteiger partial charge on any atom is 0.230 e. The molecule has 0 spiro atoms. The predicted octanol–water partition coefficient (Wildman–Crippen LogP) is 1.91. The Hall–Kier alpha value is -1.35. The number of carbonyl (C=O) groups excluding carboxylic acids is 1. The molecule has 0 bridgehead atoms. The number of hydrogen-bond donors (Lipinski definition) is 1. The number of fused-ring (bicyclic) bond motifs is 1. The lowest BCUT2D eigenvalue weighted by molar-refractivity contribution is -0.132. The van der Waals surface area contributed by atoms with E-state index in [2.05, 4.69) is 12.1 Å². The fourth-order valence-electron chi connectivity index (χ4n) is 2.53. The average Bonchev–Trinajstić information content (AvgIpc) is 2.35. The monoisotopic (exact) mass is 246 g/mol. The molecule has 0 radical (unpaired) electrons. The van der Waals surface area contributed by atoms with Crippen molar-refractivity contribution in [2.75, 3.05) is 20.1 Å². The molecule has 3 heteroatoms. The lowest BCUT2D eigenvalue weighted by Gasteiger charge is -2.32. The number of rotatable bonds is 6. The summed E-state index contributed by atoms with van der Waals surface area (Å²) in [6.07, 6.45) is 4.11. The highest BCUT2D eigenvalue weighted by Gasteiger charge is 2.33. The molecule has 0 fully saturated rings. The SMILES string of the molecule is CN(CCCCCN)C(=O)C1Cc2ccccc21. The molecule has 98 valence electrons. The van der Waals surface area contributed by atoms with Crippen LogP contribution in [0.2, 0.25) is 0 Å². The third kappa shape index (κ3) is 2.72. The van der Waals surface area contributed by atoms with Crippen LogP contribution in [0.5, 0.6) is 0 Å². The molecule has 1 amide bonds. The van der Waals surface area contributed by atoms with E-state index < -0.39 is 0 Å². The van der Waals surface area contributed by atoms with Gasteiger partial charge in [0.2, 0.25) is 5.91 Å². The molecule has 0 aromatic heterocycles. The number of likely N-dealkylation sites (N-methyl/N-ethyl adjacent to an activating group) is 1. The highest BCUT2D eigenvalue weighted by Crippen LogP contribution is 2.35. The summed E-state index contributed by atoms with van der Waals surface area (Å²) in [5.74, 6) is 0.363. The van der Waals surface area contributed by atoms with Crippen LogP contribution in [0.3, 0.4) is 0 Å². The van der Waals surface area contributed by atoms with E-state index in [1.807, 2.05) is 24.1 Å². The van der Waals surface area contributed by atoms with Gasteiger partial charge >= 0.3 is 0 Å². The number of nitrogens with zero attached hydrogens (tertiary/aromatic N) is 1. The largest absolute Gasteiger partial charge is 0.345 e. The molecule has 2 N–H and O–H groups in total. The van der Waals surface area contributed by atoms with Gasteiger partial charge in [0.1, 0.15) is 0 Å². The Bertz CT molecular complexity index is 417. The normalized spacial score (nSPS) is 16.9. The average molecular weight is 246 g/mol. The van der Waals surface area contributed by atoms with Crippen molar-refractivity contribution in [1.29, 1.82) is 0 Å². The van der Waals surface area contributed by atoms with Gasteiger partial charge < -0.3 is 10.6 Å². The van der Waals surface area contributed by atoms with Gasteiger partial charge in [0.15, 0.2) is 0 Å². The lowest BCUT2D eigenvalue weighted by Crippen LogP contribution is -2.37. The molecular weight excluding hydrogens is 224 g/mol. The van der Waals surface area contributed by atoms with Gasteiger partial charge in [-0.15, -0.1) is 0 Å². The van der Waals surface area contributed by atoms with E-state index in [4.69, 9.17) is 5.73 Å². The Balaban J connectivity index is 1.82. The Morgan fingerprint density at radius 1 is 1.33 bits per heavy atom. The second-order valence-corrected chi connectivity index (χ2v) is 5.06. The summed E-state index contributed by atoms with van der Waals surface area (Å²) in [4.78, 5) is 14.1. The van der Waals surface area contributed by atoms with Crippen molar-refractivity contribution in [3.05, 3.63) is 35.4 Å². The standard InChI is InChI=1S/C15H22N2O/c1-17(10-6-2-5-9-16)15(18)14-11-12-7-3-4-8-13(12)14/h3-4,7-8,14H,2,5-6,9-11,16H2,1H3. The summed E-state index contributed by atoms with van der Waals surface area (Å²) in [6.45, 7) is 1.59. The maximum atomic E-state index is 12.3. The maximum absolute atomic E-state index is 12.3. The molecule has 0 heterocycles. The summed E-state index contributed by atoms with van der Waals surface area (Å²) in [5.41, 5.74) is 8.00. The Morgan fingerprint density at radius 3 is 2.83 bits per heavy atom.